The predicted octanol–water partition coefficient (Wildman–Crippen LogP) is 2.34. The number of carboxylic acids is 1. The number of rotatable bonds is 6. The highest BCUT2D eigenvalue weighted by molar-refractivity contribution is 6.30. The number of nitrogens with zero attached hydrogens (tertiary/aromatic N) is 3. The van der Waals surface area contributed by atoms with Crippen LogP contribution in [0, 0.1) is 0 Å². The molecular weight excluding hydrogens is 354 g/mol. The Hall–Kier alpha value is -1.63. The molecule has 1 amide bonds. The van der Waals surface area contributed by atoms with E-state index in [0.717, 1.165) is 24.8 Å². The van der Waals surface area contributed by atoms with E-state index >= 15 is 0 Å². The highest BCUT2D eigenvalue weighted by atomic mass is 35.5. The lowest BCUT2D eigenvalue weighted by Crippen LogP contribution is -2.42. The third-order valence-electron chi connectivity index (χ3n) is 4.93. The third kappa shape index (κ3) is 5.43. The second kappa shape index (κ2) is 9.35. The zero-order valence-electron chi connectivity index (χ0n) is 15.7. The van der Waals surface area contributed by atoms with E-state index in [1.807, 2.05) is 54.0 Å². The predicted molar refractivity (Wildman–Crippen MR) is 102 cm³/mol. The number of hydrogen-bond acceptors (Lipinski definition) is 4. The van der Waals surface area contributed by atoms with Gasteiger partial charge in [-0.05, 0) is 58.1 Å². The molecule has 7 heteroatoms. The number of aliphatic carboxylic acids is 1. The fourth-order valence-electron chi connectivity index (χ4n) is 3.59. The largest absolute Gasteiger partial charge is 0.480 e. The van der Waals surface area contributed by atoms with E-state index < -0.39 is 5.97 Å². The van der Waals surface area contributed by atoms with E-state index in [1.165, 1.54) is 0 Å². The molecular formula is C19H28ClN3O3. The first-order valence-corrected chi connectivity index (χ1v) is 9.30. The Morgan fingerprint density at radius 2 is 2.00 bits per heavy atom. The van der Waals surface area contributed by atoms with Crippen molar-refractivity contribution in [1.29, 1.82) is 0 Å². The summed E-state index contributed by atoms with van der Waals surface area (Å²) in [5.41, 5.74) is 0.885. The van der Waals surface area contributed by atoms with E-state index in [4.69, 9.17) is 16.7 Å². The van der Waals surface area contributed by atoms with Gasteiger partial charge in [0.2, 0.25) is 5.91 Å². The molecule has 144 valence electrons. The summed E-state index contributed by atoms with van der Waals surface area (Å²) in [6.07, 6.45) is 2.55. The van der Waals surface area contributed by atoms with Gasteiger partial charge in [-0.3, -0.25) is 19.4 Å². The van der Waals surface area contributed by atoms with Crippen LogP contribution in [0.4, 0.5) is 0 Å². The molecule has 1 heterocycles. The number of carbonyl (C=O) groups excluding carboxylic acids is 1. The van der Waals surface area contributed by atoms with Gasteiger partial charge >= 0.3 is 5.97 Å². The second-order valence-electron chi connectivity index (χ2n) is 7.14. The SMILES string of the molecule is CN(C)C(C(=O)N1CCCC(N(C)CC(=O)O)CC1)c1cccc(Cl)c1. The summed E-state index contributed by atoms with van der Waals surface area (Å²) in [6.45, 7) is 1.36. The number of carbonyl (C=O) groups is 2. The van der Waals surface area contributed by atoms with Crippen molar-refractivity contribution in [3.8, 4) is 0 Å². The Labute approximate surface area is 160 Å². The summed E-state index contributed by atoms with van der Waals surface area (Å²) in [4.78, 5) is 29.8. The Morgan fingerprint density at radius 3 is 2.62 bits per heavy atom. The van der Waals surface area contributed by atoms with E-state index in [9.17, 15) is 9.59 Å². The molecule has 1 N–H and O–H groups in total. The molecule has 0 aliphatic carbocycles. The van der Waals surface area contributed by atoms with Gasteiger partial charge in [-0.25, -0.2) is 0 Å². The molecule has 0 radical (unpaired) electrons. The number of benzene rings is 1. The fraction of sp³-hybridized carbons (Fsp3) is 0.579. The van der Waals surface area contributed by atoms with Crippen LogP contribution < -0.4 is 0 Å². The van der Waals surface area contributed by atoms with Gasteiger partial charge in [0.1, 0.15) is 6.04 Å². The number of hydrogen-bond donors (Lipinski definition) is 1. The molecule has 1 saturated heterocycles. The van der Waals surface area contributed by atoms with Crippen LogP contribution in [-0.4, -0.2) is 78.5 Å². The van der Waals surface area contributed by atoms with Crippen LogP contribution in [0.1, 0.15) is 30.9 Å². The Bertz CT molecular complexity index is 638. The van der Waals surface area contributed by atoms with E-state index in [-0.39, 0.29) is 24.5 Å². The molecule has 2 atom stereocenters. The van der Waals surface area contributed by atoms with Crippen LogP contribution in [0.25, 0.3) is 0 Å². The molecule has 2 unspecified atom stereocenters. The first-order chi connectivity index (χ1) is 12.3. The Kier molecular flexibility index (Phi) is 7.43. The highest BCUT2D eigenvalue weighted by Crippen LogP contribution is 2.25. The zero-order valence-corrected chi connectivity index (χ0v) is 16.4. The maximum Gasteiger partial charge on any atom is 0.317 e. The van der Waals surface area contributed by atoms with Gasteiger partial charge in [0.15, 0.2) is 0 Å². The van der Waals surface area contributed by atoms with Gasteiger partial charge in [0.05, 0.1) is 6.54 Å². The van der Waals surface area contributed by atoms with Crippen molar-refractivity contribution >= 4 is 23.5 Å². The number of likely N-dealkylation sites (tertiary alicyclic amines) is 1. The number of likely N-dealkylation sites (N-methyl/N-ethyl adjacent to an activating group) is 2. The lowest BCUT2D eigenvalue weighted by atomic mass is 10.0. The monoisotopic (exact) mass is 381 g/mol. The summed E-state index contributed by atoms with van der Waals surface area (Å²) >= 11 is 6.11. The quantitative estimate of drug-likeness (QED) is 0.819. The maximum absolute atomic E-state index is 13.2. The topological polar surface area (TPSA) is 64.1 Å². The average Bonchev–Trinajstić information content (AvgIpc) is 2.80. The molecule has 0 aromatic heterocycles. The third-order valence-corrected chi connectivity index (χ3v) is 5.17. The molecule has 6 nitrogen and oxygen atoms in total. The molecule has 1 aromatic carbocycles. The van der Waals surface area contributed by atoms with Crippen LogP contribution in [0.15, 0.2) is 24.3 Å². The molecule has 26 heavy (non-hydrogen) atoms. The van der Waals surface area contributed by atoms with Gasteiger partial charge in [-0.1, -0.05) is 23.7 Å². The zero-order chi connectivity index (χ0) is 19.3. The number of halogens is 1. The van der Waals surface area contributed by atoms with Crippen LogP contribution in [0.2, 0.25) is 5.02 Å². The van der Waals surface area contributed by atoms with Crippen molar-refractivity contribution in [2.45, 2.75) is 31.3 Å². The van der Waals surface area contributed by atoms with Crippen molar-refractivity contribution in [1.82, 2.24) is 14.7 Å². The lowest BCUT2D eigenvalue weighted by molar-refractivity contribution is -0.139. The van der Waals surface area contributed by atoms with Crippen molar-refractivity contribution in [2.24, 2.45) is 0 Å². The average molecular weight is 382 g/mol. The van der Waals surface area contributed by atoms with Crippen molar-refractivity contribution in [2.75, 3.05) is 40.8 Å². The summed E-state index contributed by atoms with van der Waals surface area (Å²) < 4.78 is 0. The van der Waals surface area contributed by atoms with Gasteiger partial charge in [0.25, 0.3) is 0 Å². The first kappa shape index (κ1) is 20.7. The molecule has 1 aliphatic heterocycles. The maximum atomic E-state index is 13.2. The first-order valence-electron chi connectivity index (χ1n) is 8.92. The summed E-state index contributed by atoms with van der Waals surface area (Å²) in [6, 6.07) is 7.24. The number of carboxylic acid groups (broad SMARTS) is 1. The Morgan fingerprint density at radius 1 is 1.27 bits per heavy atom. The van der Waals surface area contributed by atoms with Gasteiger partial charge < -0.3 is 10.0 Å². The second-order valence-corrected chi connectivity index (χ2v) is 7.58. The van der Waals surface area contributed by atoms with Gasteiger partial charge in [0, 0.05) is 24.2 Å². The molecule has 0 bridgehead atoms. The fourth-order valence-corrected chi connectivity index (χ4v) is 3.79. The molecule has 1 fully saturated rings. The van der Waals surface area contributed by atoms with Crippen LogP contribution in [0.5, 0.6) is 0 Å². The minimum atomic E-state index is -0.821. The Balaban J connectivity index is 2.09. The van der Waals surface area contributed by atoms with Crippen molar-refractivity contribution in [3.05, 3.63) is 34.9 Å². The van der Waals surface area contributed by atoms with E-state index in [0.29, 0.717) is 18.1 Å². The molecule has 1 aliphatic rings. The van der Waals surface area contributed by atoms with Crippen LogP contribution in [-0.2, 0) is 9.59 Å². The normalized spacial score (nSPS) is 19.5. The van der Waals surface area contributed by atoms with Crippen LogP contribution >= 0.6 is 11.6 Å². The summed E-state index contributed by atoms with van der Waals surface area (Å²) in [5.74, 6) is -0.753. The molecule has 1 aromatic rings. The molecule has 2 rings (SSSR count). The summed E-state index contributed by atoms with van der Waals surface area (Å²) in [5, 5.41) is 9.60. The van der Waals surface area contributed by atoms with Crippen LogP contribution in [0.3, 0.4) is 0 Å². The van der Waals surface area contributed by atoms with Crippen molar-refractivity contribution < 1.29 is 14.7 Å². The lowest BCUT2D eigenvalue weighted by Gasteiger charge is -2.31. The smallest absolute Gasteiger partial charge is 0.317 e. The molecule has 0 spiro atoms. The number of amides is 1. The molecule has 0 saturated carbocycles. The van der Waals surface area contributed by atoms with Gasteiger partial charge in [-0.2, -0.15) is 0 Å². The minimum absolute atomic E-state index is 0.0292. The van der Waals surface area contributed by atoms with Gasteiger partial charge in [-0.15, -0.1) is 0 Å². The minimum Gasteiger partial charge on any atom is -0.480 e. The van der Waals surface area contributed by atoms with Crippen molar-refractivity contribution in [3.63, 3.8) is 0 Å². The standard InChI is InChI=1S/C19H28ClN3O3/c1-21(2)18(14-6-4-7-15(20)12-14)19(26)23-10-5-8-16(9-11-23)22(3)13-17(24)25/h4,6-7,12,16,18H,5,8-11,13H2,1-3H3,(H,24,25). The summed E-state index contributed by atoms with van der Waals surface area (Å²) in [7, 11) is 5.63. The highest BCUT2D eigenvalue weighted by Gasteiger charge is 2.30. The van der Waals surface area contributed by atoms with E-state index in [1.54, 1.807) is 6.07 Å². The van der Waals surface area contributed by atoms with E-state index in [2.05, 4.69) is 0 Å².